The molecule has 1 aliphatic heterocycles. The van der Waals surface area contributed by atoms with Gasteiger partial charge in [-0.3, -0.25) is 4.90 Å². The van der Waals surface area contributed by atoms with Crippen molar-refractivity contribution in [1.29, 1.82) is 0 Å². The second kappa shape index (κ2) is 5.78. The summed E-state index contributed by atoms with van der Waals surface area (Å²) in [6.07, 6.45) is 1.42. The summed E-state index contributed by atoms with van der Waals surface area (Å²) in [7, 11) is 0. The van der Waals surface area contributed by atoms with E-state index in [0.29, 0.717) is 4.99 Å². The lowest BCUT2D eigenvalue weighted by atomic mass is 9.99. The molecule has 4 heteroatoms. The fourth-order valence-corrected chi connectivity index (χ4v) is 2.82. The molecule has 3 nitrogen and oxygen atoms in total. The maximum Gasteiger partial charge on any atom is 0.0948 e. The summed E-state index contributed by atoms with van der Waals surface area (Å²) in [4.78, 5) is 2.78. The van der Waals surface area contributed by atoms with Crippen molar-refractivity contribution in [3.63, 3.8) is 0 Å². The molecule has 1 heterocycles. The molecule has 1 fully saturated rings. The summed E-state index contributed by atoms with van der Waals surface area (Å²) >= 11 is 5.23. The Bertz CT molecular complexity index is 428. The smallest absolute Gasteiger partial charge is 0.0948 e. The van der Waals surface area contributed by atoms with Crippen LogP contribution in [0.4, 0.5) is 0 Å². The number of hydrogen-bond donors (Lipinski definition) is 2. The summed E-state index contributed by atoms with van der Waals surface area (Å²) in [5.74, 6) is 0. The van der Waals surface area contributed by atoms with E-state index in [0.717, 1.165) is 31.5 Å². The number of benzene rings is 1. The highest BCUT2D eigenvalue weighted by molar-refractivity contribution is 7.80. The van der Waals surface area contributed by atoms with Gasteiger partial charge in [-0.15, -0.1) is 0 Å². The molecule has 2 rings (SSSR count). The van der Waals surface area contributed by atoms with Crippen LogP contribution in [-0.2, 0) is 0 Å². The SMILES string of the molecule is Cc1cccc(C(C(N)=S)N2CCC(O)CC2)c1. The minimum absolute atomic E-state index is 0.00704. The standard InChI is InChI=1S/C14H20N2OS/c1-10-3-2-4-11(9-10)13(14(15)18)16-7-5-12(17)6-8-16/h2-4,9,12-13,17H,5-8H2,1H3,(H2,15,18). The third kappa shape index (κ3) is 3.07. The molecule has 1 unspecified atom stereocenters. The lowest BCUT2D eigenvalue weighted by Crippen LogP contribution is -2.43. The monoisotopic (exact) mass is 264 g/mol. The molecule has 3 N–H and O–H groups in total. The second-order valence-electron chi connectivity index (χ2n) is 4.99. The lowest BCUT2D eigenvalue weighted by Gasteiger charge is -2.36. The van der Waals surface area contributed by atoms with Crippen LogP contribution in [0.3, 0.4) is 0 Å². The van der Waals surface area contributed by atoms with Crippen molar-refractivity contribution in [2.24, 2.45) is 5.73 Å². The van der Waals surface area contributed by atoms with Crippen LogP contribution in [0.25, 0.3) is 0 Å². The van der Waals surface area contributed by atoms with Gasteiger partial charge in [0.25, 0.3) is 0 Å². The molecule has 0 aromatic heterocycles. The second-order valence-corrected chi connectivity index (χ2v) is 5.46. The number of piperidine rings is 1. The summed E-state index contributed by atoms with van der Waals surface area (Å²) < 4.78 is 0. The van der Waals surface area contributed by atoms with E-state index in [9.17, 15) is 5.11 Å². The highest BCUT2D eigenvalue weighted by Crippen LogP contribution is 2.25. The van der Waals surface area contributed by atoms with Crippen LogP contribution < -0.4 is 5.73 Å². The summed E-state index contributed by atoms with van der Waals surface area (Å²) in [5.41, 5.74) is 8.28. The van der Waals surface area contributed by atoms with Crippen LogP contribution in [0.2, 0.25) is 0 Å². The van der Waals surface area contributed by atoms with E-state index >= 15 is 0 Å². The van der Waals surface area contributed by atoms with Crippen LogP contribution in [0.1, 0.15) is 30.0 Å². The number of nitrogens with two attached hydrogens (primary N) is 1. The van der Waals surface area contributed by atoms with Crippen molar-refractivity contribution in [3.05, 3.63) is 35.4 Å². The number of aryl methyl sites for hydroxylation is 1. The van der Waals surface area contributed by atoms with Crippen LogP contribution >= 0.6 is 12.2 Å². The van der Waals surface area contributed by atoms with Gasteiger partial charge in [0.05, 0.1) is 17.1 Å². The first-order valence-corrected chi connectivity index (χ1v) is 6.77. The Kier molecular flexibility index (Phi) is 4.32. The third-order valence-corrected chi connectivity index (χ3v) is 3.71. The van der Waals surface area contributed by atoms with Crippen molar-refractivity contribution >= 4 is 17.2 Å². The molecule has 0 radical (unpaired) electrons. The maximum atomic E-state index is 9.57. The van der Waals surface area contributed by atoms with Gasteiger partial charge in [0, 0.05) is 13.1 Å². The van der Waals surface area contributed by atoms with Gasteiger partial charge in [-0.2, -0.15) is 0 Å². The Hall–Kier alpha value is -0.970. The van der Waals surface area contributed by atoms with Gasteiger partial charge < -0.3 is 10.8 Å². The number of hydrogen-bond acceptors (Lipinski definition) is 3. The molecular formula is C14H20N2OS. The largest absolute Gasteiger partial charge is 0.393 e. The van der Waals surface area contributed by atoms with Crippen molar-refractivity contribution < 1.29 is 5.11 Å². The Labute approximate surface area is 114 Å². The van der Waals surface area contributed by atoms with E-state index in [2.05, 4.69) is 30.0 Å². The first-order chi connectivity index (χ1) is 8.58. The lowest BCUT2D eigenvalue weighted by molar-refractivity contribution is 0.0739. The third-order valence-electron chi connectivity index (χ3n) is 3.49. The Balaban J connectivity index is 2.21. The molecular weight excluding hydrogens is 244 g/mol. The first kappa shape index (κ1) is 13.5. The molecule has 0 bridgehead atoms. The highest BCUT2D eigenvalue weighted by Gasteiger charge is 2.27. The molecule has 0 spiro atoms. The van der Waals surface area contributed by atoms with Gasteiger partial charge >= 0.3 is 0 Å². The predicted molar refractivity (Wildman–Crippen MR) is 77.5 cm³/mol. The van der Waals surface area contributed by atoms with Crippen molar-refractivity contribution in [3.8, 4) is 0 Å². The first-order valence-electron chi connectivity index (χ1n) is 6.36. The van der Waals surface area contributed by atoms with Crippen molar-refractivity contribution in [1.82, 2.24) is 4.90 Å². The van der Waals surface area contributed by atoms with E-state index in [4.69, 9.17) is 18.0 Å². The van der Waals surface area contributed by atoms with Gasteiger partial charge in [0.2, 0.25) is 0 Å². The summed E-state index contributed by atoms with van der Waals surface area (Å²) in [6.45, 7) is 3.76. The van der Waals surface area contributed by atoms with Gasteiger partial charge in [0.1, 0.15) is 0 Å². The van der Waals surface area contributed by atoms with Crippen LogP contribution in [0, 0.1) is 6.92 Å². The molecule has 0 saturated carbocycles. The zero-order valence-corrected chi connectivity index (χ0v) is 11.5. The number of aliphatic hydroxyl groups excluding tert-OH is 1. The van der Waals surface area contributed by atoms with Gasteiger partial charge in [-0.1, -0.05) is 42.0 Å². The minimum Gasteiger partial charge on any atom is -0.393 e. The van der Waals surface area contributed by atoms with Crippen LogP contribution in [0.15, 0.2) is 24.3 Å². The molecule has 18 heavy (non-hydrogen) atoms. The van der Waals surface area contributed by atoms with Gasteiger partial charge in [-0.05, 0) is 25.3 Å². The summed E-state index contributed by atoms with van der Waals surface area (Å²) in [5, 5.41) is 9.57. The Morgan fingerprint density at radius 3 is 2.67 bits per heavy atom. The van der Waals surface area contributed by atoms with Crippen molar-refractivity contribution in [2.75, 3.05) is 13.1 Å². The van der Waals surface area contributed by atoms with E-state index in [1.807, 2.05) is 6.07 Å². The average Bonchev–Trinajstić information content (AvgIpc) is 2.32. The molecule has 0 amide bonds. The zero-order valence-electron chi connectivity index (χ0n) is 10.7. The molecule has 1 aromatic carbocycles. The Morgan fingerprint density at radius 1 is 1.44 bits per heavy atom. The zero-order chi connectivity index (χ0) is 13.1. The predicted octanol–water partition coefficient (Wildman–Crippen LogP) is 1.78. The van der Waals surface area contributed by atoms with E-state index in [1.165, 1.54) is 5.56 Å². The number of aliphatic hydroxyl groups is 1. The quantitative estimate of drug-likeness (QED) is 0.817. The Morgan fingerprint density at radius 2 is 2.11 bits per heavy atom. The average molecular weight is 264 g/mol. The minimum atomic E-state index is -0.175. The number of rotatable bonds is 3. The normalized spacial score (nSPS) is 19.7. The maximum absolute atomic E-state index is 9.57. The molecule has 1 atom stereocenters. The van der Waals surface area contributed by atoms with E-state index in [1.54, 1.807) is 0 Å². The molecule has 0 aliphatic carbocycles. The molecule has 1 aliphatic rings. The van der Waals surface area contributed by atoms with E-state index in [-0.39, 0.29) is 12.1 Å². The van der Waals surface area contributed by atoms with Gasteiger partial charge in [-0.25, -0.2) is 0 Å². The van der Waals surface area contributed by atoms with Crippen LogP contribution in [-0.4, -0.2) is 34.2 Å². The topological polar surface area (TPSA) is 49.5 Å². The molecule has 1 saturated heterocycles. The number of likely N-dealkylation sites (tertiary alicyclic amines) is 1. The van der Waals surface area contributed by atoms with Crippen LogP contribution in [0.5, 0.6) is 0 Å². The molecule has 1 aromatic rings. The van der Waals surface area contributed by atoms with E-state index < -0.39 is 0 Å². The van der Waals surface area contributed by atoms with Gasteiger partial charge in [0.15, 0.2) is 0 Å². The molecule has 98 valence electrons. The fraction of sp³-hybridized carbons (Fsp3) is 0.500. The number of nitrogens with zero attached hydrogens (tertiary/aromatic N) is 1. The number of thiocarbonyl (C=S) groups is 1. The van der Waals surface area contributed by atoms with Crippen molar-refractivity contribution in [2.45, 2.75) is 31.9 Å². The fourth-order valence-electron chi connectivity index (χ4n) is 2.54. The summed E-state index contributed by atoms with van der Waals surface area (Å²) in [6, 6.07) is 8.30. The highest BCUT2D eigenvalue weighted by atomic mass is 32.1.